The first kappa shape index (κ1) is 18.1. The fourth-order valence-electron chi connectivity index (χ4n) is 3.83. The summed E-state index contributed by atoms with van der Waals surface area (Å²) in [6, 6.07) is 0. The minimum Gasteiger partial charge on any atom is -0.381 e. The Morgan fingerprint density at radius 2 is 2.30 bits per heavy atom. The van der Waals surface area contributed by atoms with Crippen molar-refractivity contribution < 1.29 is 14.1 Å². The van der Waals surface area contributed by atoms with Gasteiger partial charge in [-0.1, -0.05) is 19.0 Å². The highest BCUT2D eigenvalue weighted by Crippen LogP contribution is 2.32. The molecule has 0 N–H and O–H groups in total. The Kier molecular flexibility index (Phi) is 4.95. The van der Waals surface area contributed by atoms with E-state index in [4.69, 9.17) is 9.26 Å². The molecule has 0 aromatic carbocycles. The standard InChI is InChI=1S/C20H26N4O3/c1-4-12(2)19-22-18(23-27-19)17-13(3)21-9-15-10-24(7-5-16(15)17)20(25)14-6-8-26-11-14/h9,12,14H,4-8,10-11H2,1-3H3. The Labute approximate surface area is 159 Å². The van der Waals surface area contributed by atoms with Crippen LogP contribution in [0.4, 0.5) is 0 Å². The fraction of sp³-hybridized carbons (Fsp3) is 0.600. The minimum absolute atomic E-state index is 0.000255. The molecule has 2 aliphatic heterocycles. The number of pyridine rings is 1. The van der Waals surface area contributed by atoms with Gasteiger partial charge in [0.05, 0.1) is 12.5 Å². The van der Waals surface area contributed by atoms with Gasteiger partial charge < -0.3 is 14.2 Å². The monoisotopic (exact) mass is 370 g/mol. The Balaban J connectivity index is 1.62. The van der Waals surface area contributed by atoms with Gasteiger partial charge in [-0.05, 0) is 37.3 Å². The lowest BCUT2D eigenvalue weighted by atomic mass is 9.93. The summed E-state index contributed by atoms with van der Waals surface area (Å²) in [6.45, 7) is 8.67. The quantitative estimate of drug-likeness (QED) is 0.823. The van der Waals surface area contributed by atoms with Crippen LogP contribution in [0, 0.1) is 12.8 Å². The SMILES string of the molecule is CCC(C)c1nc(-c2c(C)ncc3c2CCN(C(=O)C2CCOC2)C3)no1. The molecule has 1 saturated heterocycles. The van der Waals surface area contributed by atoms with E-state index in [1.807, 2.05) is 18.0 Å². The maximum absolute atomic E-state index is 12.7. The van der Waals surface area contributed by atoms with E-state index in [2.05, 4.69) is 29.0 Å². The van der Waals surface area contributed by atoms with Crippen LogP contribution >= 0.6 is 0 Å². The largest absolute Gasteiger partial charge is 0.381 e. The third-order valence-electron chi connectivity index (χ3n) is 5.75. The maximum atomic E-state index is 12.7. The van der Waals surface area contributed by atoms with Crippen molar-refractivity contribution in [1.82, 2.24) is 20.0 Å². The Hall–Kier alpha value is -2.28. The lowest BCUT2D eigenvalue weighted by Crippen LogP contribution is -2.40. The van der Waals surface area contributed by atoms with E-state index in [1.165, 1.54) is 5.56 Å². The van der Waals surface area contributed by atoms with Gasteiger partial charge in [-0.15, -0.1) is 0 Å². The van der Waals surface area contributed by atoms with E-state index >= 15 is 0 Å². The number of fused-ring (bicyclic) bond motifs is 1. The molecule has 0 spiro atoms. The summed E-state index contributed by atoms with van der Waals surface area (Å²) < 4.78 is 10.9. The first-order chi connectivity index (χ1) is 13.1. The smallest absolute Gasteiger partial charge is 0.229 e. The lowest BCUT2D eigenvalue weighted by Gasteiger charge is -2.31. The molecule has 4 rings (SSSR count). The zero-order chi connectivity index (χ0) is 19.0. The molecule has 2 aliphatic rings. The molecule has 144 valence electrons. The topological polar surface area (TPSA) is 81.4 Å². The molecule has 7 nitrogen and oxygen atoms in total. The zero-order valence-corrected chi connectivity index (χ0v) is 16.2. The Morgan fingerprint density at radius 3 is 3.04 bits per heavy atom. The van der Waals surface area contributed by atoms with Crippen LogP contribution in [0.25, 0.3) is 11.4 Å². The highest BCUT2D eigenvalue weighted by atomic mass is 16.5. The van der Waals surface area contributed by atoms with E-state index in [0.29, 0.717) is 38.0 Å². The van der Waals surface area contributed by atoms with Gasteiger partial charge in [0, 0.05) is 43.1 Å². The molecule has 0 bridgehead atoms. The summed E-state index contributed by atoms with van der Waals surface area (Å²) in [7, 11) is 0. The Bertz CT molecular complexity index is 842. The number of hydrogen-bond donors (Lipinski definition) is 0. The van der Waals surface area contributed by atoms with Gasteiger partial charge in [-0.25, -0.2) is 0 Å². The minimum atomic E-state index is -0.000255. The van der Waals surface area contributed by atoms with Crippen LogP contribution < -0.4 is 0 Å². The summed E-state index contributed by atoms with van der Waals surface area (Å²) in [5.74, 6) is 1.70. The number of carbonyl (C=O) groups excluding carboxylic acids is 1. The first-order valence-electron chi connectivity index (χ1n) is 9.76. The molecule has 2 unspecified atom stereocenters. The zero-order valence-electron chi connectivity index (χ0n) is 16.2. The van der Waals surface area contributed by atoms with Gasteiger partial charge in [-0.2, -0.15) is 4.98 Å². The molecule has 0 aliphatic carbocycles. The third-order valence-corrected chi connectivity index (χ3v) is 5.75. The number of aryl methyl sites for hydroxylation is 1. The van der Waals surface area contributed by atoms with E-state index in [9.17, 15) is 4.79 Å². The molecule has 1 fully saturated rings. The van der Waals surface area contributed by atoms with Crippen LogP contribution in [0.2, 0.25) is 0 Å². The van der Waals surface area contributed by atoms with Gasteiger partial charge in [-0.3, -0.25) is 9.78 Å². The Morgan fingerprint density at radius 1 is 1.44 bits per heavy atom. The average Bonchev–Trinajstić information content (AvgIpc) is 3.38. The molecule has 7 heteroatoms. The number of aromatic nitrogens is 3. The van der Waals surface area contributed by atoms with Crippen LogP contribution in [-0.4, -0.2) is 45.7 Å². The van der Waals surface area contributed by atoms with Crippen molar-refractivity contribution >= 4 is 5.91 Å². The van der Waals surface area contributed by atoms with Crippen molar-refractivity contribution in [3.8, 4) is 11.4 Å². The lowest BCUT2D eigenvalue weighted by molar-refractivity contribution is -0.136. The van der Waals surface area contributed by atoms with Crippen molar-refractivity contribution in [3.63, 3.8) is 0 Å². The van der Waals surface area contributed by atoms with Crippen molar-refractivity contribution in [2.45, 2.75) is 52.5 Å². The molecule has 0 saturated carbocycles. The molecule has 2 atom stereocenters. The summed E-state index contributed by atoms with van der Waals surface area (Å²) in [4.78, 5) is 23.8. The van der Waals surface area contributed by atoms with Crippen molar-refractivity contribution in [1.29, 1.82) is 0 Å². The molecule has 4 heterocycles. The van der Waals surface area contributed by atoms with Crippen molar-refractivity contribution in [2.75, 3.05) is 19.8 Å². The molecular weight excluding hydrogens is 344 g/mol. The number of amides is 1. The average molecular weight is 370 g/mol. The van der Waals surface area contributed by atoms with Gasteiger partial charge in [0.2, 0.25) is 17.6 Å². The summed E-state index contributed by atoms with van der Waals surface area (Å²) in [6.07, 6.45) is 4.43. The first-order valence-corrected chi connectivity index (χ1v) is 9.76. The van der Waals surface area contributed by atoms with Crippen LogP contribution in [-0.2, 0) is 22.5 Å². The maximum Gasteiger partial charge on any atom is 0.229 e. The molecule has 27 heavy (non-hydrogen) atoms. The molecule has 1 amide bonds. The van der Waals surface area contributed by atoms with Crippen LogP contribution in [0.5, 0.6) is 0 Å². The molecule has 2 aromatic heterocycles. The van der Waals surface area contributed by atoms with Crippen LogP contribution in [0.15, 0.2) is 10.7 Å². The number of carbonyl (C=O) groups is 1. The van der Waals surface area contributed by atoms with E-state index in [-0.39, 0.29) is 17.7 Å². The number of nitrogens with zero attached hydrogens (tertiary/aromatic N) is 4. The molecule has 0 radical (unpaired) electrons. The molecular formula is C20H26N4O3. The van der Waals surface area contributed by atoms with Gasteiger partial charge >= 0.3 is 0 Å². The van der Waals surface area contributed by atoms with Crippen LogP contribution in [0.1, 0.15) is 55.3 Å². The van der Waals surface area contributed by atoms with Gasteiger partial charge in [0.1, 0.15) is 0 Å². The van der Waals surface area contributed by atoms with Crippen molar-refractivity contribution in [3.05, 3.63) is 28.9 Å². The van der Waals surface area contributed by atoms with Crippen LogP contribution in [0.3, 0.4) is 0 Å². The predicted octanol–water partition coefficient (Wildman–Crippen LogP) is 2.87. The summed E-state index contributed by atoms with van der Waals surface area (Å²) >= 11 is 0. The fourth-order valence-corrected chi connectivity index (χ4v) is 3.83. The predicted molar refractivity (Wildman–Crippen MR) is 99.0 cm³/mol. The van der Waals surface area contributed by atoms with E-state index in [0.717, 1.165) is 36.1 Å². The van der Waals surface area contributed by atoms with Gasteiger partial charge in [0.25, 0.3) is 0 Å². The summed E-state index contributed by atoms with van der Waals surface area (Å²) in [5.41, 5.74) is 4.12. The van der Waals surface area contributed by atoms with Gasteiger partial charge in [0.15, 0.2) is 0 Å². The highest BCUT2D eigenvalue weighted by Gasteiger charge is 2.31. The second kappa shape index (κ2) is 7.38. The molecule has 2 aromatic rings. The third kappa shape index (κ3) is 3.36. The van der Waals surface area contributed by atoms with E-state index in [1.54, 1.807) is 0 Å². The second-order valence-electron chi connectivity index (χ2n) is 7.56. The normalized spacial score (nSPS) is 20.6. The summed E-state index contributed by atoms with van der Waals surface area (Å²) in [5, 5.41) is 4.22. The highest BCUT2D eigenvalue weighted by molar-refractivity contribution is 5.80. The number of rotatable bonds is 4. The number of hydrogen-bond acceptors (Lipinski definition) is 6. The number of ether oxygens (including phenoxy) is 1. The second-order valence-corrected chi connectivity index (χ2v) is 7.56. The van der Waals surface area contributed by atoms with Crippen molar-refractivity contribution in [2.24, 2.45) is 5.92 Å². The van der Waals surface area contributed by atoms with E-state index < -0.39 is 0 Å².